The van der Waals surface area contributed by atoms with Crippen molar-refractivity contribution in [1.29, 1.82) is 0 Å². The fourth-order valence-electron chi connectivity index (χ4n) is 1.93. The van der Waals surface area contributed by atoms with Gasteiger partial charge in [-0.25, -0.2) is 13.2 Å². The predicted molar refractivity (Wildman–Crippen MR) is 84.2 cm³/mol. The molecule has 0 aromatic heterocycles. The molecule has 2 amide bonds. The molecule has 0 heterocycles. The average molecular weight is 337 g/mol. The van der Waals surface area contributed by atoms with Gasteiger partial charge in [0.1, 0.15) is 17.5 Å². The molecule has 0 spiro atoms. The van der Waals surface area contributed by atoms with Gasteiger partial charge in [-0.1, -0.05) is 0 Å². The number of carbonyl (C=O) groups is 2. The Bertz CT molecular complexity index is 761. The van der Waals surface area contributed by atoms with Crippen LogP contribution in [0.25, 0.3) is 0 Å². The lowest BCUT2D eigenvalue weighted by Gasteiger charge is -2.10. The van der Waals surface area contributed by atoms with Crippen LogP contribution in [0, 0.1) is 17.5 Å². The molecule has 2 rings (SSSR count). The maximum absolute atomic E-state index is 13.5. The summed E-state index contributed by atoms with van der Waals surface area (Å²) in [5.74, 6) is -3.22. The molecule has 24 heavy (non-hydrogen) atoms. The summed E-state index contributed by atoms with van der Waals surface area (Å²) in [6.07, 6.45) is 0. The number of anilines is 3. The molecule has 3 N–H and O–H groups in total. The molecule has 0 radical (unpaired) electrons. The van der Waals surface area contributed by atoms with E-state index in [-0.39, 0.29) is 17.9 Å². The van der Waals surface area contributed by atoms with Crippen molar-refractivity contribution < 1.29 is 22.8 Å². The van der Waals surface area contributed by atoms with Crippen LogP contribution in [0.1, 0.15) is 6.92 Å². The van der Waals surface area contributed by atoms with Gasteiger partial charge in [-0.3, -0.25) is 9.59 Å². The smallest absolute Gasteiger partial charge is 0.243 e. The fraction of sp³-hybridized carbons (Fsp3) is 0.125. The number of hydrogen-bond donors (Lipinski definition) is 3. The molecule has 0 fully saturated rings. The Morgan fingerprint density at radius 3 is 2.21 bits per heavy atom. The van der Waals surface area contributed by atoms with Crippen LogP contribution in [0.2, 0.25) is 0 Å². The monoisotopic (exact) mass is 337 g/mol. The largest absolute Gasteiger partial charge is 0.376 e. The Labute approximate surface area is 135 Å². The molecule has 0 atom stereocenters. The summed E-state index contributed by atoms with van der Waals surface area (Å²) in [4.78, 5) is 22.8. The first-order chi connectivity index (χ1) is 11.3. The van der Waals surface area contributed by atoms with Crippen molar-refractivity contribution in [1.82, 2.24) is 0 Å². The SMILES string of the molecule is CC(=O)Nc1cc(NCC(=O)Nc2cc(F)cc(F)c2)ccc1F. The van der Waals surface area contributed by atoms with Crippen LogP contribution in [0.5, 0.6) is 0 Å². The number of hydrogen-bond acceptors (Lipinski definition) is 3. The van der Waals surface area contributed by atoms with Crippen molar-refractivity contribution in [2.75, 3.05) is 22.5 Å². The van der Waals surface area contributed by atoms with E-state index in [4.69, 9.17) is 0 Å². The van der Waals surface area contributed by atoms with Gasteiger partial charge >= 0.3 is 0 Å². The Hall–Kier alpha value is -3.03. The van der Waals surface area contributed by atoms with Crippen LogP contribution < -0.4 is 16.0 Å². The molecule has 0 saturated carbocycles. The molecular weight excluding hydrogens is 323 g/mol. The lowest BCUT2D eigenvalue weighted by Crippen LogP contribution is -2.22. The fourth-order valence-corrected chi connectivity index (χ4v) is 1.93. The van der Waals surface area contributed by atoms with Crippen molar-refractivity contribution in [2.45, 2.75) is 6.92 Å². The van der Waals surface area contributed by atoms with Crippen LogP contribution in [-0.2, 0) is 9.59 Å². The van der Waals surface area contributed by atoms with E-state index < -0.39 is 29.3 Å². The summed E-state index contributed by atoms with van der Waals surface area (Å²) in [7, 11) is 0. The first-order valence-corrected chi connectivity index (χ1v) is 6.90. The Morgan fingerprint density at radius 1 is 0.917 bits per heavy atom. The van der Waals surface area contributed by atoms with Gasteiger partial charge in [-0.2, -0.15) is 0 Å². The Balaban J connectivity index is 1.97. The highest BCUT2D eigenvalue weighted by molar-refractivity contribution is 5.94. The number of rotatable bonds is 5. The van der Waals surface area contributed by atoms with Crippen molar-refractivity contribution in [3.8, 4) is 0 Å². The van der Waals surface area contributed by atoms with Crippen molar-refractivity contribution in [3.05, 3.63) is 53.8 Å². The Morgan fingerprint density at radius 2 is 1.58 bits per heavy atom. The van der Waals surface area contributed by atoms with Gasteiger partial charge in [0.05, 0.1) is 12.2 Å². The molecule has 126 valence electrons. The molecule has 5 nitrogen and oxygen atoms in total. The summed E-state index contributed by atoms with van der Waals surface area (Å²) in [6.45, 7) is 1.02. The zero-order chi connectivity index (χ0) is 17.7. The third-order valence-electron chi connectivity index (χ3n) is 2.88. The normalized spacial score (nSPS) is 10.2. The van der Waals surface area contributed by atoms with Crippen molar-refractivity contribution in [2.24, 2.45) is 0 Å². The summed E-state index contributed by atoms with van der Waals surface area (Å²) in [6, 6.07) is 6.49. The van der Waals surface area contributed by atoms with Crippen LogP contribution in [0.4, 0.5) is 30.2 Å². The van der Waals surface area contributed by atoms with Crippen molar-refractivity contribution >= 4 is 28.9 Å². The van der Waals surface area contributed by atoms with Crippen LogP contribution in [-0.4, -0.2) is 18.4 Å². The van der Waals surface area contributed by atoms with E-state index in [1.807, 2.05) is 0 Å². The van der Waals surface area contributed by atoms with Gasteiger partial charge in [0.15, 0.2) is 0 Å². The standard InChI is InChI=1S/C16H14F3N3O2/c1-9(23)21-15-7-12(2-3-14(15)19)20-8-16(24)22-13-5-10(17)4-11(18)6-13/h2-7,20H,8H2,1H3,(H,21,23)(H,22,24). The van der Waals surface area contributed by atoms with E-state index in [2.05, 4.69) is 16.0 Å². The van der Waals surface area contributed by atoms with Crippen molar-refractivity contribution in [3.63, 3.8) is 0 Å². The number of halogens is 3. The zero-order valence-corrected chi connectivity index (χ0v) is 12.6. The number of benzene rings is 2. The highest BCUT2D eigenvalue weighted by Gasteiger charge is 2.08. The molecular formula is C16H14F3N3O2. The van der Waals surface area contributed by atoms with E-state index in [0.29, 0.717) is 11.8 Å². The predicted octanol–water partition coefficient (Wildman–Crippen LogP) is 3.11. The number of amides is 2. The molecule has 0 aliphatic rings. The topological polar surface area (TPSA) is 70.2 Å². The lowest BCUT2D eigenvalue weighted by atomic mass is 10.2. The Kier molecular flexibility index (Phi) is 5.41. The lowest BCUT2D eigenvalue weighted by molar-refractivity contribution is -0.115. The van der Waals surface area contributed by atoms with E-state index in [0.717, 1.165) is 18.2 Å². The third kappa shape index (κ3) is 5.01. The van der Waals surface area contributed by atoms with Gasteiger partial charge in [0.25, 0.3) is 0 Å². The highest BCUT2D eigenvalue weighted by Crippen LogP contribution is 2.19. The zero-order valence-electron chi connectivity index (χ0n) is 12.6. The van der Waals surface area contributed by atoms with Crippen LogP contribution in [0.3, 0.4) is 0 Å². The minimum absolute atomic E-state index is 0.0164. The molecule has 8 heteroatoms. The van der Waals surface area contributed by atoms with Gasteiger partial charge in [0, 0.05) is 24.4 Å². The van der Waals surface area contributed by atoms with E-state index in [1.54, 1.807) is 0 Å². The van der Waals surface area contributed by atoms with Crippen LogP contribution >= 0.6 is 0 Å². The molecule has 0 aliphatic carbocycles. The molecule has 0 aliphatic heterocycles. The second-order valence-electron chi connectivity index (χ2n) is 4.94. The minimum atomic E-state index is -0.809. The van der Waals surface area contributed by atoms with Gasteiger partial charge in [0.2, 0.25) is 11.8 Å². The number of carbonyl (C=O) groups excluding carboxylic acids is 2. The minimum Gasteiger partial charge on any atom is -0.376 e. The number of nitrogens with one attached hydrogen (secondary N) is 3. The maximum atomic E-state index is 13.5. The first-order valence-electron chi connectivity index (χ1n) is 6.90. The summed E-state index contributed by atoms with van der Waals surface area (Å²) in [5.41, 5.74) is 0.346. The second-order valence-corrected chi connectivity index (χ2v) is 4.94. The third-order valence-corrected chi connectivity index (χ3v) is 2.88. The quantitative estimate of drug-likeness (QED) is 0.785. The van der Waals surface area contributed by atoms with Gasteiger partial charge in [-0.15, -0.1) is 0 Å². The summed E-state index contributed by atoms with van der Waals surface area (Å²) < 4.78 is 39.6. The van der Waals surface area contributed by atoms with Gasteiger partial charge < -0.3 is 16.0 Å². The first kappa shape index (κ1) is 17.3. The maximum Gasteiger partial charge on any atom is 0.243 e. The second kappa shape index (κ2) is 7.49. The molecule has 0 saturated heterocycles. The van der Waals surface area contributed by atoms with Crippen LogP contribution in [0.15, 0.2) is 36.4 Å². The van der Waals surface area contributed by atoms with E-state index in [1.165, 1.54) is 19.1 Å². The summed E-state index contributed by atoms with van der Waals surface area (Å²) in [5, 5.41) is 7.36. The molecule has 2 aromatic rings. The highest BCUT2D eigenvalue weighted by atomic mass is 19.1. The summed E-state index contributed by atoms with van der Waals surface area (Å²) >= 11 is 0. The molecule has 0 bridgehead atoms. The van der Waals surface area contributed by atoms with E-state index >= 15 is 0 Å². The van der Waals surface area contributed by atoms with E-state index in [9.17, 15) is 22.8 Å². The molecule has 0 unspecified atom stereocenters. The van der Waals surface area contributed by atoms with Gasteiger partial charge in [-0.05, 0) is 30.3 Å². The average Bonchev–Trinajstić information content (AvgIpc) is 2.46. The molecule has 2 aromatic carbocycles.